The Labute approximate surface area is 136 Å². The molecule has 2 N–H and O–H groups in total. The summed E-state index contributed by atoms with van der Waals surface area (Å²) in [7, 11) is 0. The molecule has 0 aliphatic heterocycles. The number of aryl methyl sites for hydroxylation is 2. The maximum atomic E-state index is 12.6. The molecule has 0 aliphatic carbocycles. The van der Waals surface area contributed by atoms with E-state index in [0.717, 1.165) is 22.4 Å². The van der Waals surface area contributed by atoms with Crippen molar-refractivity contribution in [1.29, 1.82) is 0 Å². The third-order valence-electron chi connectivity index (χ3n) is 3.39. The fraction of sp³-hybridized carbons (Fsp3) is 0.158. The second-order valence-electron chi connectivity index (χ2n) is 5.37. The van der Waals surface area contributed by atoms with Gasteiger partial charge in [-0.05, 0) is 36.6 Å². The van der Waals surface area contributed by atoms with Gasteiger partial charge in [0.15, 0.2) is 0 Å². The van der Waals surface area contributed by atoms with E-state index in [2.05, 4.69) is 10.6 Å². The largest absolute Gasteiger partial charge is 0.322 e. The zero-order valence-electron chi connectivity index (χ0n) is 13.5. The maximum absolute atomic E-state index is 12.6. The van der Waals surface area contributed by atoms with Crippen molar-refractivity contribution in [3.05, 3.63) is 70.9 Å². The van der Waals surface area contributed by atoms with Crippen molar-refractivity contribution in [2.24, 2.45) is 0 Å². The molecule has 0 aromatic heterocycles. The molecule has 0 spiro atoms. The first-order valence-corrected chi connectivity index (χ1v) is 7.39. The van der Waals surface area contributed by atoms with E-state index in [9.17, 15) is 9.59 Å². The summed E-state index contributed by atoms with van der Waals surface area (Å²) < 4.78 is 0. The molecule has 0 saturated heterocycles. The van der Waals surface area contributed by atoms with Crippen molar-refractivity contribution < 1.29 is 9.59 Å². The number of carbonyl (C=O) groups excluding carboxylic acids is 2. The number of amides is 2. The van der Waals surface area contributed by atoms with Crippen LogP contribution in [0.15, 0.2) is 54.2 Å². The number of rotatable bonds is 4. The van der Waals surface area contributed by atoms with Gasteiger partial charge in [-0.15, -0.1) is 0 Å². The zero-order chi connectivity index (χ0) is 16.8. The second kappa shape index (κ2) is 7.40. The summed E-state index contributed by atoms with van der Waals surface area (Å²) in [6, 6.07) is 15.2. The third-order valence-corrected chi connectivity index (χ3v) is 3.39. The van der Waals surface area contributed by atoms with Crippen LogP contribution in [0.3, 0.4) is 0 Å². The minimum Gasteiger partial charge on any atom is -0.322 e. The van der Waals surface area contributed by atoms with Crippen LogP contribution in [-0.2, 0) is 9.59 Å². The normalized spacial score (nSPS) is 11.0. The number of anilines is 1. The van der Waals surface area contributed by atoms with E-state index >= 15 is 0 Å². The molecule has 0 unspecified atom stereocenters. The third kappa shape index (κ3) is 4.54. The van der Waals surface area contributed by atoms with Crippen molar-refractivity contribution >= 4 is 23.6 Å². The minimum absolute atomic E-state index is 0.214. The number of carbonyl (C=O) groups is 2. The molecule has 0 radical (unpaired) electrons. The first-order chi connectivity index (χ1) is 11.0. The fourth-order valence-electron chi connectivity index (χ4n) is 2.26. The highest BCUT2D eigenvalue weighted by Crippen LogP contribution is 2.20. The Morgan fingerprint density at radius 1 is 0.913 bits per heavy atom. The van der Waals surface area contributed by atoms with Crippen molar-refractivity contribution in [3.8, 4) is 0 Å². The summed E-state index contributed by atoms with van der Waals surface area (Å²) in [6.07, 6.45) is 1.66. The molecular weight excluding hydrogens is 288 g/mol. The van der Waals surface area contributed by atoms with Gasteiger partial charge >= 0.3 is 0 Å². The molecule has 0 atom stereocenters. The zero-order valence-corrected chi connectivity index (χ0v) is 13.5. The Morgan fingerprint density at radius 3 is 2.09 bits per heavy atom. The Morgan fingerprint density at radius 2 is 1.52 bits per heavy atom. The van der Waals surface area contributed by atoms with E-state index in [1.54, 1.807) is 6.08 Å². The average Bonchev–Trinajstić information content (AvgIpc) is 2.51. The van der Waals surface area contributed by atoms with Gasteiger partial charge in [0.25, 0.3) is 5.91 Å². The van der Waals surface area contributed by atoms with Crippen molar-refractivity contribution in [3.63, 3.8) is 0 Å². The summed E-state index contributed by atoms with van der Waals surface area (Å²) in [6.45, 7) is 5.24. The van der Waals surface area contributed by atoms with Crippen molar-refractivity contribution in [1.82, 2.24) is 5.32 Å². The highest BCUT2D eigenvalue weighted by Gasteiger charge is 2.13. The smallest absolute Gasteiger partial charge is 0.272 e. The molecule has 4 heteroatoms. The predicted octanol–water partition coefficient (Wildman–Crippen LogP) is 3.42. The van der Waals surface area contributed by atoms with E-state index in [1.807, 2.05) is 62.4 Å². The summed E-state index contributed by atoms with van der Waals surface area (Å²) in [5.74, 6) is -0.634. The summed E-state index contributed by atoms with van der Waals surface area (Å²) in [4.78, 5) is 24.0. The van der Waals surface area contributed by atoms with Gasteiger partial charge in [0.05, 0.1) is 0 Å². The number of hydrogen-bond donors (Lipinski definition) is 2. The molecule has 0 saturated carbocycles. The van der Waals surface area contributed by atoms with Crippen LogP contribution in [0.4, 0.5) is 5.69 Å². The monoisotopic (exact) mass is 308 g/mol. The highest BCUT2D eigenvalue weighted by atomic mass is 16.2. The molecule has 23 heavy (non-hydrogen) atoms. The average molecular weight is 308 g/mol. The van der Waals surface area contributed by atoms with Crippen molar-refractivity contribution in [2.45, 2.75) is 20.8 Å². The van der Waals surface area contributed by atoms with Crippen LogP contribution in [0, 0.1) is 13.8 Å². The van der Waals surface area contributed by atoms with Crippen LogP contribution < -0.4 is 10.6 Å². The minimum atomic E-state index is -0.346. The number of nitrogens with one attached hydrogen (secondary N) is 2. The van der Waals surface area contributed by atoms with Gasteiger partial charge in [0, 0.05) is 12.6 Å². The first kappa shape index (κ1) is 16.5. The Kier molecular flexibility index (Phi) is 5.31. The first-order valence-electron chi connectivity index (χ1n) is 7.39. The molecule has 0 fully saturated rings. The molecule has 2 rings (SSSR count). The lowest BCUT2D eigenvalue weighted by molar-refractivity contribution is -0.120. The van der Waals surface area contributed by atoms with Crippen molar-refractivity contribution in [2.75, 3.05) is 5.32 Å². The number of para-hydroxylation sites is 1. The standard InChI is InChI=1S/C19H20N2O2/c1-13-8-7-9-14(2)18(13)21-19(23)17(20-15(3)22)12-16-10-5-4-6-11-16/h4-12H,1-3H3,(H,20,22)(H,21,23). The lowest BCUT2D eigenvalue weighted by atomic mass is 10.1. The summed E-state index contributed by atoms with van der Waals surface area (Å²) in [5.41, 5.74) is 3.77. The molecule has 4 nitrogen and oxygen atoms in total. The molecule has 2 aromatic carbocycles. The van der Waals surface area contributed by atoms with Crippen LogP contribution in [0.2, 0.25) is 0 Å². The van der Waals surface area contributed by atoms with Gasteiger partial charge in [-0.3, -0.25) is 9.59 Å². The fourth-order valence-corrected chi connectivity index (χ4v) is 2.26. The number of benzene rings is 2. The van der Waals surface area contributed by atoms with Gasteiger partial charge in [-0.25, -0.2) is 0 Å². The molecule has 2 amide bonds. The van der Waals surface area contributed by atoms with E-state index in [1.165, 1.54) is 6.92 Å². The molecule has 0 heterocycles. The summed E-state index contributed by atoms with van der Waals surface area (Å²) in [5, 5.41) is 5.48. The van der Waals surface area contributed by atoms with E-state index < -0.39 is 0 Å². The maximum Gasteiger partial charge on any atom is 0.272 e. The predicted molar refractivity (Wildman–Crippen MR) is 92.8 cm³/mol. The van der Waals surface area contributed by atoms with E-state index in [0.29, 0.717) is 0 Å². The van der Waals surface area contributed by atoms with Crippen LogP contribution in [-0.4, -0.2) is 11.8 Å². The van der Waals surface area contributed by atoms with E-state index in [4.69, 9.17) is 0 Å². The molecule has 118 valence electrons. The van der Waals surface area contributed by atoms with Gasteiger partial charge in [-0.1, -0.05) is 48.5 Å². The van der Waals surface area contributed by atoms with Crippen LogP contribution in [0.5, 0.6) is 0 Å². The van der Waals surface area contributed by atoms with Crippen LogP contribution in [0.25, 0.3) is 6.08 Å². The van der Waals surface area contributed by atoms with Gasteiger partial charge in [-0.2, -0.15) is 0 Å². The van der Waals surface area contributed by atoms with Crippen LogP contribution >= 0.6 is 0 Å². The summed E-state index contributed by atoms with van der Waals surface area (Å²) >= 11 is 0. The molecular formula is C19H20N2O2. The Bertz CT molecular complexity index is 729. The molecule has 2 aromatic rings. The van der Waals surface area contributed by atoms with E-state index in [-0.39, 0.29) is 17.5 Å². The topological polar surface area (TPSA) is 58.2 Å². The Balaban J connectivity index is 2.31. The SMILES string of the molecule is CC(=O)NC(=Cc1ccccc1)C(=O)Nc1c(C)cccc1C. The van der Waals surface area contributed by atoms with Gasteiger partial charge in [0.2, 0.25) is 5.91 Å². The lowest BCUT2D eigenvalue weighted by Gasteiger charge is -2.13. The second-order valence-corrected chi connectivity index (χ2v) is 5.37. The lowest BCUT2D eigenvalue weighted by Crippen LogP contribution is -2.29. The molecule has 0 aliphatic rings. The van der Waals surface area contributed by atoms with Gasteiger partial charge < -0.3 is 10.6 Å². The van der Waals surface area contributed by atoms with Gasteiger partial charge in [0.1, 0.15) is 5.70 Å². The van der Waals surface area contributed by atoms with Crippen LogP contribution in [0.1, 0.15) is 23.6 Å². The Hall–Kier alpha value is -2.88. The molecule has 0 bridgehead atoms. The quantitative estimate of drug-likeness (QED) is 0.850. The highest BCUT2D eigenvalue weighted by molar-refractivity contribution is 6.09. The number of hydrogen-bond acceptors (Lipinski definition) is 2.